The Balaban J connectivity index is 4.48. The summed E-state index contributed by atoms with van der Waals surface area (Å²) in [5.41, 5.74) is 0. The molecule has 0 saturated heterocycles. The van der Waals surface area contributed by atoms with Crippen LogP contribution < -0.4 is 4.89 Å². The highest BCUT2D eigenvalue weighted by Gasteiger charge is 2.21. The highest BCUT2D eigenvalue weighted by molar-refractivity contribution is 7.45. The van der Waals surface area contributed by atoms with E-state index in [4.69, 9.17) is 23.6 Å². The first-order valence-corrected chi connectivity index (χ1v) is 23.6. The number of aliphatic hydroxyl groups is 1. The number of carbonyl (C=O) groups is 2. The topological polar surface area (TPSA) is 131 Å². The Morgan fingerprint density at radius 2 is 1.05 bits per heavy atom. The predicted molar refractivity (Wildman–Crippen MR) is 233 cm³/mol. The van der Waals surface area contributed by atoms with Crippen LogP contribution in [0.3, 0.4) is 0 Å². The maximum Gasteiger partial charge on any atom is 0.306 e. The molecule has 0 rings (SSSR count). The standard InChI is InChI=1S/C46H82NO9P/c1-5-6-7-8-9-10-11-12-16-19-22-25-28-31-34-37-45(49)53-42-44(43-55-57(51,52)54-41-39-47(2,3)4)56-46(50)38-35-32-29-26-23-20-17-14-13-15-18-21-24-27-30-33-36-40-48/h12-13,15-17,20-21,24,26,29,44,48H,5-11,14,18-19,22-23,25,27-28,30-43H2,1-4H3/b15-13-,16-12-,20-17-,24-21-,29-26-. The number of aliphatic hydroxyl groups excluding tert-OH is 1. The van der Waals surface area contributed by atoms with Crippen LogP contribution in [0.25, 0.3) is 0 Å². The Morgan fingerprint density at radius 1 is 0.596 bits per heavy atom. The summed E-state index contributed by atoms with van der Waals surface area (Å²) >= 11 is 0. The molecule has 0 bridgehead atoms. The number of likely N-dealkylation sites (N-methyl/N-ethyl adjacent to an activating group) is 1. The molecule has 10 nitrogen and oxygen atoms in total. The van der Waals surface area contributed by atoms with Crippen LogP contribution in [-0.4, -0.2) is 81.7 Å². The summed E-state index contributed by atoms with van der Waals surface area (Å²) in [6.07, 6.45) is 44.1. The SMILES string of the molecule is CCCCCCCC/C=C\CCCCCCCC(=O)OCC(COP(=O)([O-])OCC[N+](C)(C)C)OC(=O)CCC/C=C\C/C=C\C/C=C\C/C=C\CCCCCO. The molecular formula is C46H82NO9P. The van der Waals surface area contributed by atoms with Gasteiger partial charge in [-0.2, -0.15) is 0 Å². The predicted octanol–water partition coefficient (Wildman–Crippen LogP) is 10.8. The third-order valence-electron chi connectivity index (χ3n) is 9.06. The molecule has 0 amide bonds. The van der Waals surface area contributed by atoms with Gasteiger partial charge in [0.05, 0.1) is 27.7 Å². The summed E-state index contributed by atoms with van der Waals surface area (Å²) < 4.78 is 33.8. The van der Waals surface area contributed by atoms with Crippen LogP contribution in [0.4, 0.5) is 0 Å². The molecule has 0 aliphatic rings. The fourth-order valence-electron chi connectivity index (χ4n) is 5.56. The quantitative estimate of drug-likeness (QED) is 0.0211. The van der Waals surface area contributed by atoms with Crippen molar-refractivity contribution in [3.8, 4) is 0 Å². The van der Waals surface area contributed by atoms with Gasteiger partial charge in [0.15, 0.2) is 6.10 Å². The summed E-state index contributed by atoms with van der Waals surface area (Å²) in [7, 11) is 1.10. The normalized spacial score (nSPS) is 14.1. The third-order valence-corrected chi connectivity index (χ3v) is 10.0. The van der Waals surface area contributed by atoms with Gasteiger partial charge in [0, 0.05) is 19.4 Å². The minimum atomic E-state index is -4.65. The number of phosphoric ester groups is 1. The number of ether oxygens (including phenoxy) is 2. The Morgan fingerprint density at radius 3 is 1.60 bits per heavy atom. The molecule has 0 aliphatic heterocycles. The molecular weight excluding hydrogens is 741 g/mol. The van der Waals surface area contributed by atoms with Crippen molar-refractivity contribution in [1.82, 2.24) is 0 Å². The van der Waals surface area contributed by atoms with Crippen LogP contribution in [0.1, 0.15) is 161 Å². The largest absolute Gasteiger partial charge is 0.756 e. The van der Waals surface area contributed by atoms with Gasteiger partial charge in [0.25, 0.3) is 7.82 Å². The molecule has 0 radical (unpaired) electrons. The molecule has 57 heavy (non-hydrogen) atoms. The highest BCUT2D eigenvalue weighted by Crippen LogP contribution is 2.38. The van der Waals surface area contributed by atoms with Crippen LogP contribution in [0.5, 0.6) is 0 Å². The number of allylic oxidation sites excluding steroid dienone is 10. The van der Waals surface area contributed by atoms with E-state index in [1.165, 1.54) is 44.9 Å². The lowest BCUT2D eigenvalue weighted by Gasteiger charge is -2.28. The first kappa shape index (κ1) is 54.7. The smallest absolute Gasteiger partial charge is 0.306 e. The van der Waals surface area contributed by atoms with Crippen molar-refractivity contribution in [3.63, 3.8) is 0 Å². The molecule has 0 saturated carbocycles. The summed E-state index contributed by atoms with van der Waals surface area (Å²) in [6, 6.07) is 0. The van der Waals surface area contributed by atoms with E-state index in [9.17, 15) is 19.0 Å². The molecule has 2 atom stereocenters. The number of unbranched alkanes of at least 4 members (excludes halogenated alkanes) is 15. The molecule has 330 valence electrons. The Labute approximate surface area is 348 Å². The fraction of sp³-hybridized carbons (Fsp3) is 0.739. The molecule has 1 N–H and O–H groups in total. The van der Waals surface area contributed by atoms with Crippen molar-refractivity contribution in [2.24, 2.45) is 0 Å². The van der Waals surface area contributed by atoms with Crippen molar-refractivity contribution in [3.05, 3.63) is 60.8 Å². The van der Waals surface area contributed by atoms with Crippen molar-refractivity contribution in [2.75, 3.05) is 54.1 Å². The van der Waals surface area contributed by atoms with Crippen molar-refractivity contribution >= 4 is 19.8 Å². The van der Waals surface area contributed by atoms with Gasteiger partial charge < -0.3 is 33.0 Å². The van der Waals surface area contributed by atoms with Gasteiger partial charge in [0.2, 0.25) is 0 Å². The van der Waals surface area contributed by atoms with Gasteiger partial charge in [0.1, 0.15) is 19.8 Å². The van der Waals surface area contributed by atoms with Gasteiger partial charge in [-0.1, -0.05) is 125 Å². The van der Waals surface area contributed by atoms with Crippen LogP contribution in [0.15, 0.2) is 60.8 Å². The minimum Gasteiger partial charge on any atom is -0.756 e. The van der Waals surface area contributed by atoms with Gasteiger partial charge in [-0.3, -0.25) is 14.2 Å². The number of nitrogens with zero attached hydrogens (tertiary/aromatic N) is 1. The van der Waals surface area contributed by atoms with E-state index < -0.39 is 32.5 Å². The molecule has 0 aromatic heterocycles. The first-order chi connectivity index (χ1) is 27.5. The fourth-order valence-corrected chi connectivity index (χ4v) is 6.29. The maximum atomic E-state index is 12.6. The van der Waals surface area contributed by atoms with E-state index in [0.29, 0.717) is 30.3 Å². The number of quaternary nitrogens is 1. The number of hydrogen-bond donors (Lipinski definition) is 1. The molecule has 0 fully saturated rings. The van der Waals surface area contributed by atoms with Crippen LogP contribution in [0.2, 0.25) is 0 Å². The second-order valence-corrected chi connectivity index (χ2v) is 17.2. The zero-order valence-corrected chi connectivity index (χ0v) is 37.4. The molecule has 2 unspecified atom stereocenters. The van der Waals surface area contributed by atoms with Gasteiger partial charge >= 0.3 is 11.9 Å². The molecule has 0 heterocycles. The number of phosphoric acid groups is 1. The summed E-state index contributed by atoms with van der Waals surface area (Å²) in [6.45, 7) is 2.13. The number of rotatable bonds is 40. The van der Waals surface area contributed by atoms with E-state index >= 15 is 0 Å². The Bertz CT molecular complexity index is 1160. The highest BCUT2D eigenvalue weighted by atomic mass is 31.2. The van der Waals surface area contributed by atoms with Gasteiger partial charge in [-0.25, -0.2) is 0 Å². The maximum absolute atomic E-state index is 12.6. The van der Waals surface area contributed by atoms with Gasteiger partial charge in [-0.15, -0.1) is 0 Å². The third kappa shape index (κ3) is 43.1. The number of esters is 2. The van der Waals surface area contributed by atoms with Crippen molar-refractivity contribution in [2.45, 2.75) is 167 Å². The van der Waals surface area contributed by atoms with E-state index in [0.717, 1.165) is 77.0 Å². The summed E-state index contributed by atoms with van der Waals surface area (Å²) in [5.74, 6) is -0.928. The zero-order valence-electron chi connectivity index (χ0n) is 36.5. The van der Waals surface area contributed by atoms with E-state index in [1.54, 1.807) is 0 Å². The average molecular weight is 824 g/mol. The molecule has 11 heteroatoms. The average Bonchev–Trinajstić information content (AvgIpc) is 3.16. The molecule has 0 spiro atoms. The van der Waals surface area contributed by atoms with Crippen molar-refractivity contribution in [1.29, 1.82) is 0 Å². The Kier molecular flexibility index (Phi) is 37.5. The number of carbonyl (C=O) groups excluding carboxylic acids is 2. The first-order valence-electron chi connectivity index (χ1n) is 22.1. The molecule has 0 aromatic carbocycles. The Hall–Kier alpha value is -2.33. The monoisotopic (exact) mass is 824 g/mol. The van der Waals surface area contributed by atoms with E-state index in [1.807, 2.05) is 27.2 Å². The van der Waals surface area contributed by atoms with Crippen LogP contribution >= 0.6 is 7.82 Å². The molecule has 0 aliphatic carbocycles. The van der Waals surface area contributed by atoms with Crippen LogP contribution in [-0.2, 0) is 32.7 Å². The lowest BCUT2D eigenvalue weighted by Crippen LogP contribution is -2.37. The second kappa shape index (κ2) is 39.1. The summed E-state index contributed by atoms with van der Waals surface area (Å²) in [4.78, 5) is 37.5. The van der Waals surface area contributed by atoms with E-state index in [2.05, 4.69) is 61.6 Å². The van der Waals surface area contributed by atoms with Gasteiger partial charge in [-0.05, 0) is 83.5 Å². The lowest BCUT2D eigenvalue weighted by atomic mass is 10.1. The lowest BCUT2D eigenvalue weighted by molar-refractivity contribution is -0.870. The second-order valence-electron chi connectivity index (χ2n) is 15.8. The zero-order chi connectivity index (χ0) is 42.1. The van der Waals surface area contributed by atoms with Crippen molar-refractivity contribution < 1.29 is 47.2 Å². The molecule has 0 aromatic rings. The van der Waals surface area contributed by atoms with E-state index in [-0.39, 0.29) is 32.7 Å². The minimum absolute atomic E-state index is 0.0495. The number of hydrogen-bond acceptors (Lipinski definition) is 9. The summed E-state index contributed by atoms with van der Waals surface area (Å²) in [5, 5.41) is 8.80. The van der Waals surface area contributed by atoms with Crippen LogP contribution in [0, 0.1) is 0 Å².